The molecule has 2 atom stereocenters. The van der Waals surface area contributed by atoms with Crippen LogP contribution in [0, 0.1) is 6.92 Å². The van der Waals surface area contributed by atoms with Gasteiger partial charge in [0.15, 0.2) is 0 Å². The van der Waals surface area contributed by atoms with Crippen LogP contribution in [0.4, 0.5) is 5.82 Å². The summed E-state index contributed by atoms with van der Waals surface area (Å²) in [6.45, 7) is 1.87. The Labute approximate surface area is 111 Å². The van der Waals surface area contributed by atoms with Gasteiger partial charge >= 0.3 is 5.97 Å². The third kappa shape index (κ3) is 2.77. The van der Waals surface area contributed by atoms with E-state index < -0.39 is 5.97 Å². The van der Waals surface area contributed by atoms with Crippen LogP contribution in [0.2, 0.25) is 0 Å². The van der Waals surface area contributed by atoms with E-state index in [0.717, 1.165) is 12.1 Å². The Hall–Kier alpha value is -1.23. The fourth-order valence-electron chi connectivity index (χ4n) is 2.39. The first kappa shape index (κ1) is 13.2. The molecule has 1 heterocycles. The maximum Gasteiger partial charge on any atom is 0.339 e. The number of rotatable bonds is 4. The van der Waals surface area contributed by atoms with Gasteiger partial charge in [-0.15, -0.1) is 0 Å². The summed E-state index contributed by atoms with van der Waals surface area (Å²) in [5, 5.41) is 13.0. The normalized spacial score (nSPS) is 23.0. The summed E-state index contributed by atoms with van der Waals surface area (Å²) in [5.74, 6) is -0.419. The fraction of sp³-hybridized carbons (Fsp3) is 0.538. The van der Waals surface area contributed by atoms with Crippen molar-refractivity contribution in [3.05, 3.63) is 23.4 Å². The lowest BCUT2D eigenvalue weighted by molar-refractivity contribution is 0.0697. The highest BCUT2D eigenvalue weighted by Crippen LogP contribution is 2.31. The lowest BCUT2D eigenvalue weighted by Gasteiger charge is -2.20. The number of anilines is 1. The monoisotopic (exact) mass is 266 g/mol. The number of hydrogen-bond donors (Lipinski definition) is 2. The van der Waals surface area contributed by atoms with Crippen LogP contribution in [-0.4, -0.2) is 33.6 Å². The summed E-state index contributed by atoms with van der Waals surface area (Å²) in [6.07, 6.45) is 5.57. The van der Waals surface area contributed by atoms with E-state index in [1.807, 2.05) is 18.7 Å². The first-order valence-corrected chi connectivity index (χ1v) is 7.41. The number of nitrogens with one attached hydrogen (secondary N) is 1. The van der Waals surface area contributed by atoms with E-state index in [0.29, 0.717) is 17.1 Å². The van der Waals surface area contributed by atoms with Gasteiger partial charge in [-0.1, -0.05) is 6.42 Å². The van der Waals surface area contributed by atoms with Gasteiger partial charge in [0.1, 0.15) is 11.4 Å². The Balaban J connectivity index is 2.22. The van der Waals surface area contributed by atoms with Crippen molar-refractivity contribution >= 4 is 23.5 Å². The molecule has 1 aromatic heterocycles. The molecule has 2 rings (SSSR count). The molecule has 0 aromatic carbocycles. The Bertz CT molecular complexity index is 451. The predicted molar refractivity (Wildman–Crippen MR) is 74.5 cm³/mol. The second kappa shape index (κ2) is 5.61. The molecule has 0 aliphatic heterocycles. The molecule has 0 bridgehead atoms. The maximum absolute atomic E-state index is 11.2. The predicted octanol–water partition coefficient (Wildman–Crippen LogP) is 2.78. The van der Waals surface area contributed by atoms with E-state index in [4.69, 9.17) is 5.11 Å². The van der Waals surface area contributed by atoms with Gasteiger partial charge in [0.2, 0.25) is 0 Å². The Morgan fingerprint density at radius 3 is 2.94 bits per heavy atom. The largest absolute Gasteiger partial charge is 0.478 e. The van der Waals surface area contributed by atoms with Crippen LogP contribution < -0.4 is 5.32 Å². The van der Waals surface area contributed by atoms with E-state index >= 15 is 0 Å². The second-order valence-electron chi connectivity index (χ2n) is 4.61. The van der Waals surface area contributed by atoms with Crippen molar-refractivity contribution in [3.8, 4) is 0 Å². The van der Waals surface area contributed by atoms with Crippen molar-refractivity contribution < 1.29 is 9.90 Å². The van der Waals surface area contributed by atoms with Crippen LogP contribution >= 0.6 is 11.8 Å². The minimum atomic E-state index is -0.927. The smallest absolute Gasteiger partial charge is 0.339 e. The van der Waals surface area contributed by atoms with Gasteiger partial charge in [-0.3, -0.25) is 0 Å². The fourth-order valence-corrected chi connectivity index (χ4v) is 3.32. The number of thioether (sulfide) groups is 1. The summed E-state index contributed by atoms with van der Waals surface area (Å²) in [7, 11) is 0. The minimum Gasteiger partial charge on any atom is -0.478 e. The highest BCUT2D eigenvalue weighted by atomic mass is 32.2. The molecule has 0 amide bonds. The highest BCUT2D eigenvalue weighted by Gasteiger charge is 2.27. The van der Waals surface area contributed by atoms with Crippen molar-refractivity contribution in [3.63, 3.8) is 0 Å². The van der Waals surface area contributed by atoms with Crippen LogP contribution in [0.25, 0.3) is 0 Å². The van der Waals surface area contributed by atoms with Gasteiger partial charge in [-0.05, 0) is 38.2 Å². The summed E-state index contributed by atoms with van der Waals surface area (Å²) >= 11 is 1.84. The van der Waals surface area contributed by atoms with Crippen LogP contribution in [0.5, 0.6) is 0 Å². The van der Waals surface area contributed by atoms with Gasteiger partial charge in [-0.2, -0.15) is 11.8 Å². The average molecular weight is 266 g/mol. The Morgan fingerprint density at radius 1 is 1.50 bits per heavy atom. The Morgan fingerprint density at radius 2 is 2.28 bits per heavy atom. The first-order valence-electron chi connectivity index (χ1n) is 6.12. The number of carboxylic acid groups (broad SMARTS) is 1. The number of carboxylic acids is 1. The maximum atomic E-state index is 11.2. The van der Waals surface area contributed by atoms with Gasteiger partial charge in [0.25, 0.3) is 0 Å². The zero-order valence-corrected chi connectivity index (χ0v) is 11.5. The number of nitrogens with zero attached hydrogens (tertiary/aromatic N) is 1. The molecule has 1 aliphatic rings. The van der Waals surface area contributed by atoms with E-state index in [2.05, 4.69) is 16.6 Å². The third-order valence-electron chi connectivity index (χ3n) is 3.34. The van der Waals surface area contributed by atoms with Gasteiger partial charge < -0.3 is 10.4 Å². The quantitative estimate of drug-likeness (QED) is 0.877. The molecule has 5 heteroatoms. The Kier molecular flexibility index (Phi) is 4.11. The second-order valence-corrected chi connectivity index (χ2v) is 5.69. The van der Waals surface area contributed by atoms with Gasteiger partial charge in [0, 0.05) is 17.0 Å². The van der Waals surface area contributed by atoms with Crippen molar-refractivity contribution in [2.75, 3.05) is 11.6 Å². The molecule has 1 aliphatic carbocycles. The SMILES string of the molecule is CSC1CCCC1Nc1nc(C)ccc1C(=O)O. The molecule has 1 aromatic rings. The molecule has 4 nitrogen and oxygen atoms in total. The van der Waals surface area contributed by atoms with Crippen LogP contribution in [-0.2, 0) is 0 Å². The highest BCUT2D eigenvalue weighted by molar-refractivity contribution is 7.99. The topological polar surface area (TPSA) is 62.2 Å². The van der Waals surface area contributed by atoms with Crippen LogP contribution in [0.1, 0.15) is 35.3 Å². The number of aryl methyl sites for hydroxylation is 1. The standard InChI is InChI=1S/C13H18N2O2S/c1-8-6-7-9(13(16)17)12(14-8)15-10-4-3-5-11(10)18-2/h6-7,10-11H,3-5H2,1-2H3,(H,14,15)(H,16,17). The number of hydrogen-bond acceptors (Lipinski definition) is 4. The molecule has 18 heavy (non-hydrogen) atoms. The van der Waals surface area contributed by atoms with Gasteiger partial charge in [0.05, 0.1) is 0 Å². The van der Waals surface area contributed by atoms with E-state index in [1.165, 1.54) is 12.8 Å². The zero-order valence-electron chi connectivity index (χ0n) is 10.6. The van der Waals surface area contributed by atoms with Crippen molar-refractivity contribution in [2.24, 2.45) is 0 Å². The number of aromatic carboxylic acids is 1. The molecule has 2 unspecified atom stereocenters. The molecular weight excluding hydrogens is 248 g/mol. The van der Waals surface area contributed by atoms with Gasteiger partial charge in [-0.25, -0.2) is 9.78 Å². The van der Waals surface area contributed by atoms with Crippen molar-refractivity contribution in [1.82, 2.24) is 4.98 Å². The summed E-state index contributed by atoms with van der Waals surface area (Å²) in [5.41, 5.74) is 1.09. The molecule has 0 saturated heterocycles. The van der Waals surface area contributed by atoms with Crippen LogP contribution in [0.3, 0.4) is 0 Å². The van der Waals surface area contributed by atoms with Crippen LogP contribution in [0.15, 0.2) is 12.1 Å². The molecule has 1 fully saturated rings. The van der Waals surface area contributed by atoms with E-state index in [9.17, 15) is 4.79 Å². The number of pyridine rings is 1. The number of carbonyl (C=O) groups is 1. The number of aromatic nitrogens is 1. The molecule has 0 spiro atoms. The van der Waals surface area contributed by atoms with Crippen molar-refractivity contribution in [1.29, 1.82) is 0 Å². The third-order valence-corrected chi connectivity index (χ3v) is 4.51. The lowest BCUT2D eigenvalue weighted by Crippen LogP contribution is -2.27. The average Bonchev–Trinajstić information content (AvgIpc) is 2.76. The first-order chi connectivity index (χ1) is 8.61. The molecular formula is C13H18N2O2S. The molecule has 1 saturated carbocycles. The van der Waals surface area contributed by atoms with E-state index in [1.54, 1.807) is 12.1 Å². The van der Waals surface area contributed by atoms with E-state index in [-0.39, 0.29) is 5.56 Å². The molecule has 2 N–H and O–H groups in total. The summed E-state index contributed by atoms with van der Waals surface area (Å²) in [4.78, 5) is 15.5. The summed E-state index contributed by atoms with van der Waals surface area (Å²) in [6, 6.07) is 3.68. The minimum absolute atomic E-state index is 0.257. The zero-order chi connectivity index (χ0) is 13.1. The molecule has 0 radical (unpaired) electrons. The lowest BCUT2D eigenvalue weighted by atomic mass is 10.2. The molecule has 98 valence electrons. The van der Waals surface area contributed by atoms with Crippen molar-refractivity contribution in [2.45, 2.75) is 37.5 Å². The summed E-state index contributed by atoms with van der Waals surface area (Å²) < 4.78 is 0.